The first kappa shape index (κ1) is 18.1. The molecular weight excluding hydrogens is 343 g/mol. The van der Waals surface area contributed by atoms with E-state index in [1.165, 1.54) is 12.1 Å². The Bertz CT molecular complexity index is 762. The Hall–Kier alpha value is -2.70. The molecule has 4 nitrogen and oxygen atoms in total. The van der Waals surface area contributed by atoms with Crippen molar-refractivity contribution in [2.75, 3.05) is 7.05 Å². The van der Waals surface area contributed by atoms with Crippen LogP contribution in [-0.4, -0.2) is 25.4 Å². The molecule has 0 radical (unpaired) electrons. The molecular formula is C19H20F3N3O. The molecule has 2 atom stereocenters. The van der Waals surface area contributed by atoms with E-state index in [0.717, 1.165) is 12.0 Å². The molecule has 0 aliphatic heterocycles. The highest BCUT2D eigenvalue weighted by atomic mass is 19.4. The summed E-state index contributed by atoms with van der Waals surface area (Å²) in [5.74, 6) is 0.445. The smallest absolute Gasteiger partial charge is 0.405 e. The lowest BCUT2D eigenvalue weighted by Crippen LogP contribution is -2.38. The van der Waals surface area contributed by atoms with Gasteiger partial charge in [-0.25, -0.2) is 0 Å². The Balaban J connectivity index is 1.58. The second-order valence-electron chi connectivity index (χ2n) is 6.09. The third kappa shape index (κ3) is 4.91. The molecule has 0 heterocycles. The Morgan fingerprint density at radius 3 is 2.50 bits per heavy atom. The Kier molecular flexibility index (Phi) is 5.35. The number of guanidine groups is 1. The minimum absolute atomic E-state index is 0.0231. The topological polar surface area (TPSA) is 45.7 Å². The first-order valence-corrected chi connectivity index (χ1v) is 8.32. The summed E-state index contributed by atoms with van der Waals surface area (Å²) in [7, 11) is 1.67. The minimum Gasteiger partial charge on any atom is -0.405 e. The zero-order valence-corrected chi connectivity index (χ0v) is 14.3. The van der Waals surface area contributed by atoms with E-state index < -0.39 is 6.36 Å². The SMILES string of the molecule is CN=C(NCc1ccccc1)NC1CC1c1ccccc1OC(F)(F)F. The third-order valence-corrected chi connectivity index (χ3v) is 4.18. The second-order valence-corrected chi connectivity index (χ2v) is 6.09. The van der Waals surface area contributed by atoms with Gasteiger partial charge in [0.15, 0.2) is 5.96 Å². The van der Waals surface area contributed by atoms with Crippen LogP contribution in [0.25, 0.3) is 0 Å². The highest BCUT2D eigenvalue weighted by molar-refractivity contribution is 5.80. The molecule has 0 saturated heterocycles. The predicted octanol–water partition coefficient (Wildman–Crippen LogP) is 3.81. The molecule has 138 valence electrons. The van der Waals surface area contributed by atoms with Crippen LogP contribution in [0.1, 0.15) is 23.5 Å². The summed E-state index contributed by atoms with van der Waals surface area (Å²) in [5.41, 5.74) is 1.67. The van der Waals surface area contributed by atoms with E-state index in [4.69, 9.17) is 0 Å². The van der Waals surface area contributed by atoms with E-state index in [2.05, 4.69) is 20.4 Å². The van der Waals surface area contributed by atoms with Crippen LogP contribution in [0.2, 0.25) is 0 Å². The molecule has 2 aromatic carbocycles. The molecule has 2 N–H and O–H groups in total. The summed E-state index contributed by atoms with van der Waals surface area (Å²) in [6, 6.07) is 16.2. The number of para-hydroxylation sites is 1. The van der Waals surface area contributed by atoms with Gasteiger partial charge in [0.1, 0.15) is 5.75 Å². The van der Waals surface area contributed by atoms with Crippen LogP contribution in [0, 0.1) is 0 Å². The number of ether oxygens (including phenoxy) is 1. The van der Waals surface area contributed by atoms with Gasteiger partial charge in [0.2, 0.25) is 0 Å². The lowest BCUT2D eigenvalue weighted by Gasteiger charge is -2.14. The van der Waals surface area contributed by atoms with Crippen LogP contribution >= 0.6 is 0 Å². The third-order valence-electron chi connectivity index (χ3n) is 4.18. The average Bonchev–Trinajstić information content (AvgIpc) is 3.37. The number of nitrogens with one attached hydrogen (secondary N) is 2. The van der Waals surface area contributed by atoms with Crippen molar-refractivity contribution in [2.45, 2.75) is 31.3 Å². The summed E-state index contributed by atoms with van der Waals surface area (Å²) < 4.78 is 41.8. The molecule has 1 saturated carbocycles. The van der Waals surface area contributed by atoms with Gasteiger partial charge in [-0.1, -0.05) is 48.5 Å². The number of rotatable bonds is 5. The number of alkyl halides is 3. The van der Waals surface area contributed by atoms with E-state index in [1.807, 2.05) is 30.3 Å². The number of halogens is 3. The van der Waals surface area contributed by atoms with Crippen molar-refractivity contribution in [3.05, 3.63) is 65.7 Å². The van der Waals surface area contributed by atoms with Crippen molar-refractivity contribution in [1.82, 2.24) is 10.6 Å². The largest absolute Gasteiger partial charge is 0.573 e. The van der Waals surface area contributed by atoms with Gasteiger partial charge >= 0.3 is 6.36 Å². The average molecular weight is 363 g/mol. The lowest BCUT2D eigenvalue weighted by molar-refractivity contribution is -0.274. The molecule has 1 aliphatic rings. The molecule has 0 spiro atoms. The summed E-state index contributed by atoms with van der Waals surface area (Å²) in [6.45, 7) is 0.617. The maximum atomic E-state index is 12.6. The van der Waals surface area contributed by atoms with Crippen molar-refractivity contribution in [2.24, 2.45) is 4.99 Å². The molecule has 0 aromatic heterocycles. The summed E-state index contributed by atoms with van der Waals surface area (Å²) in [5, 5.41) is 6.46. The molecule has 0 amide bonds. The van der Waals surface area contributed by atoms with Gasteiger partial charge in [-0.05, 0) is 23.6 Å². The fraction of sp³-hybridized carbons (Fsp3) is 0.316. The van der Waals surface area contributed by atoms with Gasteiger partial charge in [0, 0.05) is 25.6 Å². The van der Waals surface area contributed by atoms with Crippen molar-refractivity contribution in [1.29, 1.82) is 0 Å². The number of hydrogen-bond donors (Lipinski definition) is 2. The quantitative estimate of drug-likeness (QED) is 0.627. The molecule has 1 aliphatic carbocycles. The highest BCUT2D eigenvalue weighted by Gasteiger charge is 2.42. The van der Waals surface area contributed by atoms with Crippen molar-refractivity contribution < 1.29 is 17.9 Å². The standard InChI is InChI=1S/C19H20F3N3O/c1-23-18(24-12-13-7-3-2-4-8-13)25-16-11-15(16)14-9-5-6-10-17(14)26-19(20,21)22/h2-10,15-16H,11-12H2,1H3,(H2,23,24,25). The number of hydrogen-bond acceptors (Lipinski definition) is 2. The van der Waals surface area contributed by atoms with Gasteiger partial charge in [-0.15, -0.1) is 13.2 Å². The Labute approximate surface area is 150 Å². The van der Waals surface area contributed by atoms with Gasteiger partial charge in [-0.2, -0.15) is 0 Å². The van der Waals surface area contributed by atoms with Crippen LogP contribution in [0.5, 0.6) is 5.75 Å². The molecule has 3 rings (SSSR count). The molecule has 2 unspecified atom stereocenters. The first-order valence-electron chi connectivity index (χ1n) is 8.32. The van der Waals surface area contributed by atoms with E-state index in [1.54, 1.807) is 19.2 Å². The van der Waals surface area contributed by atoms with E-state index in [-0.39, 0.29) is 17.7 Å². The number of aliphatic imine (C=N–C) groups is 1. The van der Waals surface area contributed by atoms with Crippen LogP contribution in [-0.2, 0) is 6.54 Å². The summed E-state index contributed by atoms with van der Waals surface area (Å²) in [4.78, 5) is 4.18. The zero-order valence-electron chi connectivity index (χ0n) is 14.3. The van der Waals surface area contributed by atoms with Crippen LogP contribution in [0.15, 0.2) is 59.6 Å². The van der Waals surface area contributed by atoms with Crippen molar-refractivity contribution in [3.8, 4) is 5.75 Å². The summed E-state index contributed by atoms with van der Waals surface area (Å²) >= 11 is 0. The number of benzene rings is 2. The maximum Gasteiger partial charge on any atom is 0.573 e. The van der Waals surface area contributed by atoms with Crippen LogP contribution in [0.4, 0.5) is 13.2 Å². The van der Waals surface area contributed by atoms with Gasteiger partial charge in [0.25, 0.3) is 0 Å². The van der Waals surface area contributed by atoms with Crippen LogP contribution < -0.4 is 15.4 Å². The van der Waals surface area contributed by atoms with Gasteiger partial charge in [0.05, 0.1) is 0 Å². The monoisotopic (exact) mass is 363 g/mol. The minimum atomic E-state index is -4.69. The normalized spacial score (nSPS) is 19.8. The second kappa shape index (κ2) is 7.68. The van der Waals surface area contributed by atoms with Gasteiger partial charge < -0.3 is 15.4 Å². The highest BCUT2D eigenvalue weighted by Crippen LogP contribution is 2.45. The van der Waals surface area contributed by atoms with E-state index >= 15 is 0 Å². The van der Waals surface area contributed by atoms with Crippen molar-refractivity contribution in [3.63, 3.8) is 0 Å². The molecule has 0 bridgehead atoms. The molecule has 1 fully saturated rings. The summed E-state index contributed by atoms with van der Waals surface area (Å²) in [6.07, 6.45) is -3.97. The van der Waals surface area contributed by atoms with E-state index in [9.17, 15) is 13.2 Å². The fourth-order valence-corrected chi connectivity index (χ4v) is 2.85. The molecule has 2 aromatic rings. The van der Waals surface area contributed by atoms with Crippen molar-refractivity contribution >= 4 is 5.96 Å². The predicted molar refractivity (Wildman–Crippen MR) is 94.0 cm³/mol. The Morgan fingerprint density at radius 2 is 1.81 bits per heavy atom. The lowest BCUT2D eigenvalue weighted by atomic mass is 10.1. The Morgan fingerprint density at radius 1 is 1.12 bits per heavy atom. The van der Waals surface area contributed by atoms with Crippen LogP contribution in [0.3, 0.4) is 0 Å². The molecule has 26 heavy (non-hydrogen) atoms. The molecule has 7 heteroatoms. The first-order chi connectivity index (χ1) is 12.5. The maximum absolute atomic E-state index is 12.6. The fourth-order valence-electron chi connectivity index (χ4n) is 2.85. The number of nitrogens with zero attached hydrogens (tertiary/aromatic N) is 1. The van der Waals surface area contributed by atoms with Gasteiger partial charge in [-0.3, -0.25) is 4.99 Å². The van der Waals surface area contributed by atoms with E-state index in [0.29, 0.717) is 18.1 Å². The zero-order chi connectivity index (χ0) is 18.6.